The highest BCUT2D eigenvalue weighted by Crippen LogP contribution is 2.71. The first-order valence-corrected chi connectivity index (χ1v) is 13.4. The van der Waals surface area contributed by atoms with Gasteiger partial charge in [0.15, 0.2) is 5.78 Å². The third-order valence-electron chi connectivity index (χ3n) is 11.4. The molecule has 2 heteroatoms. The van der Waals surface area contributed by atoms with E-state index >= 15 is 0 Å². The van der Waals surface area contributed by atoms with Crippen molar-refractivity contribution in [3.63, 3.8) is 0 Å². The quantitative estimate of drug-likeness (QED) is 0.397. The van der Waals surface area contributed by atoms with Gasteiger partial charge in [-0.2, -0.15) is 0 Å². The van der Waals surface area contributed by atoms with Crippen molar-refractivity contribution in [2.45, 2.75) is 107 Å². The molecule has 0 aromatic carbocycles. The maximum Gasteiger partial charge on any atom is 0.155 e. The molecule has 0 heterocycles. The third kappa shape index (κ3) is 3.49. The predicted octanol–water partition coefficient (Wildman–Crippen LogP) is 8.03. The van der Waals surface area contributed by atoms with Crippen LogP contribution in [0, 0.1) is 39.4 Å². The van der Waals surface area contributed by atoms with Crippen molar-refractivity contribution in [3.8, 4) is 0 Å². The van der Waals surface area contributed by atoms with Gasteiger partial charge in [0.1, 0.15) is 5.78 Å². The maximum absolute atomic E-state index is 12.8. The van der Waals surface area contributed by atoms with E-state index in [1.165, 1.54) is 12.8 Å². The van der Waals surface area contributed by atoms with Crippen LogP contribution in [0.4, 0.5) is 0 Å². The first-order chi connectivity index (χ1) is 15.3. The van der Waals surface area contributed by atoms with Gasteiger partial charge in [0.05, 0.1) is 0 Å². The highest BCUT2D eigenvalue weighted by molar-refractivity contribution is 5.92. The predicted molar refractivity (Wildman–Crippen MR) is 137 cm³/mol. The summed E-state index contributed by atoms with van der Waals surface area (Å²) in [5, 5.41) is 0. The molecule has 2 fully saturated rings. The average molecular weight is 451 g/mol. The molecule has 4 aliphatic rings. The van der Waals surface area contributed by atoms with Gasteiger partial charge in [0.2, 0.25) is 0 Å². The summed E-state index contributed by atoms with van der Waals surface area (Å²) in [6.07, 6.45) is 16.0. The van der Waals surface area contributed by atoms with Crippen molar-refractivity contribution in [1.29, 1.82) is 0 Å². The molecule has 0 aliphatic heterocycles. The minimum atomic E-state index is -0.226. The number of rotatable bonds is 5. The van der Waals surface area contributed by atoms with Crippen LogP contribution in [0.1, 0.15) is 107 Å². The minimum absolute atomic E-state index is 0.130. The Morgan fingerprint density at radius 3 is 2.45 bits per heavy atom. The molecule has 0 aromatic rings. The lowest BCUT2D eigenvalue weighted by molar-refractivity contribution is -0.138. The molecule has 2 nitrogen and oxygen atoms in total. The normalized spacial score (nSPS) is 40.8. The molecule has 4 aliphatic carbocycles. The Kier molecular flexibility index (Phi) is 6.03. The zero-order valence-corrected chi connectivity index (χ0v) is 22.4. The lowest BCUT2D eigenvalue weighted by Crippen LogP contribution is -2.53. The topological polar surface area (TPSA) is 34.1 Å². The summed E-state index contributed by atoms with van der Waals surface area (Å²) in [6, 6.07) is 0. The molecule has 0 amide bonds. The number of Topliss-reactive ketones (excluding diaryl/α,β-unsaturated/α-hetero) is 2. The highest BCUT2D eigenvalue weighted by Gasteiger charge is 2.63. The zero-order valence-electron chi connectivity index (χ0n) is 22.4. The summed E-state index contributed by atoms with van der Waals surface area (Å²) >= 11 is 0. The fraction of sp³-hybridized carbons (Fsp3) is 0.742. The van der Waals surface area contributed by atoms with Crippen molar-refractivity contribution in [1.82, 2.24) is 0 Å². The van der Waals surface area contributed by atoms with Crippen LogP contribution >= 0.6 is 0 Å². The first kappa shape index (κ1) is 24.7. The largest absolute Gasteiger partial charge is 0.299 e. The molecule has 0 aromatic heterocycles. The summed E-state index contributed by atoms with van der Waals surface area (Å²) in [5.74, 6) is 2.43. The van der Waals surface area contributed by atoms with Crippen molar-refractivity contribution in [2.24, 2.45) is 39.4 Å². The number of fused-ring (bicyclic) bond motifs is 5. The molecule has 33 heavy (non-hydrogen) atoms. The highest BCUT2D eigenvalue weighted by atomic mass is 16.1. The number of carbonyl (C=O) groups is 2. The Balaban J connectivity index is 1.62. The second-order valence-electron chi connectivity index (χ2n) is 13.2. The van der Waals surface area contributed by atoms with Crippen LogP contribution < -0.4 is 0 Å². The van der Waals surface area contributed by atoms with E-state index in [9.17, 15) is 9.59 Å². The van der Waals surface area contributed by atoms with E-state index in [1.807, 2.05) is 6.92 Å². The summed E-state index contributed by atoms with van der Waals surface area (Å²) in [7, 11) is 0. The van der Waals surface area contributed by atoms with Crippen LogP contribution in [0.2, 0.25) is 0 Å². The van der Waals surface area contributed by atoms with Gasteiger partial charge >= 0.3 is 0 Å². The fourth-order valence-electron chi connectivity index (χ4n) is 8.67. The van der Waals surface area contributed by atoms with Crippen LogP contribution in [-0.2, 0) is 9.59 Å². The molecule has 0 unspecified atom stereocenters. The minimum Gasteiger partial charge on any atom is -0.299 e. The lowest BCUT2D eigenvalue weighted by Gasteiger charge is -2.59. The Hall–Kier alpha value is -1.44. The Morgan fingerprint density at radius 1 is 1.09 bits per heavy atom. The Labute approximate surface area is 202 Å². The van der Waals surface area contributed by atoms with E-state index in [1.54, 1.807) is 18.1 Å². The van der Waals surface area contributed by atoms with E-state index in [0.29, 0.717) is 23.5 Å². The Bertz CT molecular complexity index is 946. The molecule has 182 valence electrons. The van der Waals surface area contributed by atoms with Crippen molar-refractivity contribution in [3.05, 3.63) is 34.9 Å². The maximum atomic E-state index is 12.8. The fourth-order valence-corrected chi connectivity index (χ4v) is 8.67. The molecule has 0 N–H and O–H groups in total. The van der Waals surface area contributed by atoms with E-state index in [0.717, 1.165) is 44.1 Å². The van der Waals surface area contributed by atoms with Gasteiger partial charge in [0, 0.05) is 11.8 Å². The molecule has 0 spiro atoms. The lowest BCUT2D eigenvalue weighted by atomic mass is 9.44. The molecule has 0 bridgehead atoms. The van der Waals surface area contributed by atoms with Gasteiger partial charge in [0.25, 0.3) is 0 Å². The average Bonchev–Trinajstić information content (AvgIpc) is 3.02. The van der Waals surface area contributed by atoms with E-state index in [-0.39, 0.29) is 27.4 Å². The summed E-state index contributed by atoms with van der Waals surface area (Å²) in [6.45, 7) is 18.0. The summed E-state index contributed by atoms with van der Waals surface area (Å²) < 4.78 is 0. The second-order valence-corrected chi connectivity index (χ2v) is 13.2. The summed E-state index contributed by atoms with van der Waals surface area (Å²) in [5.41, 5.74) is 4.53. The number of ketones is 2. The third-order valence-corrected chi connectivity index (χ3v) is 11.4. The van der Waals surface area contributed by atoms with Gasteiger partial charge < -0.3 is 0 Å². The number of allylic oxidation sites excluding steroid dienone is 6. The van der Waals surface area contributed by atoms with Gasteiger partial charge in [-0.3, -0.25) is 9.59 Å². The first-order valence-electron chi connectivity index (χ1n) is 13.4. The van der Waals surface area contributed by atoms with Crippen LogP contribution in [0.25, 0.3) is 0 Å². The molecule has 0 radical (unpaired) electrons. The zero-order chi connectivity index (χ0) is 24.4. The Morgan fingerprint density at radius 2 is 1.79 bits per heavy atom. The summed E-state index contributed by atoms with van der Waals surface area (Å²) in [4.78, 5) is 24.4. The van der Waals surface area contributed by atoms with Crippen LogP contribution in [0.15, 0.2) is 34.9 Å². The number of hydrogen-bond acceptors (Lipinski definition) is 2. The van der Waals surface area contributed by atoms with Crippen molar-refractivity contribution < 1.29 is 9.59 Å². The van der Waals surface area contributed by atoms with E-state index < -0.39 is 0 Å². The monoisotopic (exact) mass is 450 g/mol. The smallest absolute Gasteiger partial charge is 0.155 e. The molecule has 6 atom stereocenters. The number of carbonyl (C=O) groups excluding carboxylic acids is 2. The van der Waals surface area contributed by atoms with Gasteiger partial charge in [-0.25, -0.2) is 0 Å². The number of hydrogen-bond donors (Lipinski definition) is 0. The van der Waals surface area contributed by atoms with Crippen molar-refractivity contribution >= 4 is 11.6 Å². The standard InChI is InChI=1S/C31H46O2/c1-20(22(3)32)10-9-11-21(2)23-14-18-31(8)25-12-13-26-28(4,5)27(33)16-17-29(26,6)24(25)15-19-30(23,31)7/h10,12,15,21,23,26H,9,11,13-14,16-19H2,1-8H3/b20-10+/t21-,23-,26+,29-,30-,31+/m1/s1. The van der Waals surface area contributed by atoms with Crippen LogP contribution in [0.5, 0.6) is 0 Å². The van der Waals surface area contributed by atoms with E-state index in [4.69, 9.17) is 0 Å². The van der Waals surface area contributed by atoms with Gasteiger partial charge in [-0.1, -0.05) is 59.8 Å². The van der Waals surface area contributed by atoms with Crippen LogP contribution in [0.3, 0.4) is 0 Å². The van der Waals surface area contributed by atoms with Crippen molar-refractivity contribution in [2.75, 3.05) is 0 Å². The van der Waals surface area contributed by atoms with Gasteiger partial charge in [-0.05, 0) is 110 Å². The van der Waals surface area contributed by atoms with E-state index in [2.05, 4.69) is 59.8 Å². The van der Waals surface area contributed by atoms with Gasteiger partial charge in [-0.15, -0.1) is 0 Å². The second kappa shape index (κ2) is 8.06. The van der Waals surface area contributed by atoms with Crippen LogP contribution in [-0.4, -0.2) is 11.6 Å². The SMILES string of the molecule is CC(=O)/C(C)=C/CC[C@@H](C)[C@H]1CC[C@@]2(C)C3=CC[C@H]4C(C)(C)C(=O)CC[C@]4(C)C3=CC[C@]12C. The molecule has 2 saturated carbocycles. The molecule has 4 rings (SSSR count). The molecule has 0 saturated heterocycles. The molecular weight excluding hydrogens is 404 g/mol. The molecular formula is C31H46O2.